The summed E-state index contributed by atoms with van der Waals surface area (Å²) in [5.41, 5.74) is 6.27. The summed E-state index contributed by atoms with van der Waals surface area (Å²) in [5, 5.41) is 7.25. The maximum absolute atomic E-state index is 13.9. The van der Waals surface area contributed by atoms with Gasteiger partial charge in [-0.2, -0.15) is 11.8 Å². The number of thioether (sulfide) groups is 1. The van der Waals surface area contributed by atoms with E-state index in [9.17, 15) is 4.39 Å². The molecule has 0 amide bonds. The van der Waals surface area contributed by atoms with Crippen LogP contribution in [0.25, 0.3) is 0 Å². The largest absolute Gasteiger partial charge is 0.384 e. The Morgan fingerprint density at radius 1 is 1.59 bits per heavy atom. The third-order valence-corrected chi connectivity index (χ3v) is 3.52. The van der Waals surface area contributed by atoms with E-state index >= 15 is 0 Å². The quantitative estimate of drug-likeness (QED) is 0.627. The Labute approximate surface area is 106 Å². The second kappa shape index (κ2) is 5.91. The van der Waals surface area contributed by atoms with Crippen molar-refractivity contribution < 1.29 is 4.39 Å². The number of hydrogen-bond donors (Lipinski definition) is 2. The van der Waals surface area contributed by atoms with Crippen molar-refractivity contribution in [2.45, 2.75) is 13.0 Å². The molecule has 1 aromatic rings. The third kappa shape index (κ3) is 3.36. The molecule has 17 heavy (non-hydrogen) atoms. The van der Waals surface area contributed by atoms with E-state index < -0.39 is 0 Å². The smallest absolute Gasteiger partial charge is 0.147 e. The zero-order chi connectivity index (χ0) is 13.0. The van der Waals surface area contributed by atoms with Gasteiger partial charge in [0.15, 0.2) is 0 Å². The van der Waals surface area contributed by atoms with Crippen LogP contribution >= 0.6 is 11.8 Å². The third-order valence-electron chi connectivity index (χ3n) is 2.71. The van der Waals surface area contributed by atoms with Gasteiger partial charge >= 0.3 is 0 Å². The predicted octanol–water partition coefficient (Wildman–Crippen LogP) is 2.30. The molecule has 0 heterocycles. The van der Waals surface area contributed by atoms with E-state index in [2.05, 4.69) is 6.92 Å². The van der Waals surface area contributed by atoms with E-state index in [0.717, 1.165) is 5.75 Å². The Balaban J connectivity index is 2.95. The molecule has 0 aromatic heterocycles. The number of amidine groups is 1. The summed E-state index contributed by atoms with van der Waals surface area (Å²) >= 11 is 1.73. The lowest BCUT2D eigenvalue weighted by atomic mass is 10.1. The lowest BCUT2D eigenvalue weighted by Gasteiger charge is -2.27. The number of nitrogens with one attached hydrogen (secondary N) is 1. The molecule has 0 radical (unpaired) electrons. The number of benzene rings is 1. The maximum Gasteiger partial charge on any atom is 0.147 e. The number of nitrogens with zero attached hydrogens (tertiary/aromatic N) is 1. The van der Waals surface area contributed by atoms with Crippen molar-refractivity contribution in [2.75, 3.05) is 24.0 Å². The normalized spacial score (nSPS) is 12.2. The topological polar surface area (TPSA) is 53.1 Å². The van der Waals surface area contributed by atoms with Gasteiger partial charge in [-0.05, 0) is 31.4 Å². The molecule has 0 aliphatic rings. The molecular formula is C12H18FN3S. The summed E-state index contributed by atoms with van der Waals surface area (Å²) in [4.78, 5) is 1.90. The summed E-state index contributed by atoms with van der Waals surface area (Å²) in [5.74, 6) is 0.480. The SMILES string of the molecule is CSCC(C)N(C)c1ccc(C(=N)N)cc1F. The van der Waals surface area contributed by atoms with Crippen molar-refractivity contribution in [2.24, 2.45) is 5.73 Å². The van der Waals surface area contributed by atoms with Crippen LogP contribution in [0, 0.1) is 11.2 Å². The fourth-order valence-corrected chi connectivity index (χ4v) is 2.26. The molecule has 3 nitrogen and oxygen atoms in total. The number of nitrogen functional groups attached to an aromatic ring is 1. The Hall–Kier alpha value is -1.23. The monoisotopic (exact) mass is 255 g/mol. The molecule has 0 aliphatic carbocycles. The standard InChI is InChI=1S/C12H18FN3S/c1-8(7-17-3)16(2)11-5-4-9(12(14)15)6-10(11)13/h4-6,8H,7H2,1-3H3,(H3,14,15). The van der Waals surface area contributed by atoms with Crippen molar-refractivity contribution in [1.29, 1.82) is 5.41 Å². The minimum absolute atomic E-state index is 0.115. The summed E-state index contributed by atoms with van der Waals surface area (Å²) in [6.45, 7) is 2.05. The Morgan fingerprint density at radius 2 is 2.24 bits per heavy atom. The summed E-state index contributed by atoms with van der Waals surface area (Å²) in [7, 11) is 1.87. The molecule has 0 saturated heterocycles. The fraction of sp³-hybridized carbons (Fsp3) is 0.417. The van der Waals surface area contributed by atoms with Crippen LogP contribution in [0.1, 0.15) is 12.5 Å². The van der Waals surface area contributed by atoms with Crippen LogP contribution in [-0.2, 0) is 0 Å². The van der Waals surface area contributed by atoms with Crippen molar-refractivity contribution in [3.63, 3.8) is 0 Å². The highest BCUT2D eigenvalue weighted by atomic mass is 32.2. The Morgan fingerprint density at radius 3 is 2.71 bits per heavy atom. The first-order valence-corrected chi connectivity index (χ1v) is 6.72. The first-order chi connectivity index (χ1) is 7.97. The van der Waals surface area contributed by atoms with Crippen LogP contribution in [0.15, 0.2) is 18.2 Å². The van der Waals surface area contributed by atoms with Crippen LogP contribution in [0.2, 0.25) is 0 Å². The predicted molar refractivity (Wildman–Crippen MR) is 73.7 cm³/mol. The first kappa shape index (κ1) is 13.8. The van der Waals surface area contributed by atoms with Gasteiger partial charge in [-0.1, -0.05) is 0 Å². The van der Waals surface area contributed by atoms with Gasteiger partial charge in [0.1, 0.15) is 11.7 Å². The summed E-state index contributed by atoms with van der Waals surface area (Å²) < 4.78 is 13.9. The molecule has 0 fully saturated rings. The van der Waals surface area contributed by atoms with E-state index in [1.54, 1.807) is 23.9 Å². The van der Waals surface area contributed by atoms with Gasteiger partial charge in [-0.15, -0.1) is 0 Å². The van der Waals surface area contributed by atoms with Crippen molar-refractivity contribution in [3.05, 3.63) is 29.6 Å². The lowest BCUT2D eigenvalue weighted by Crippen LogP contribution is -2.31. The van der Waals surface area contributed by atoms with Crippen LogP contribution in [0.5, 0.6) is 0 Å². The highest BCUT2D eigenvalue weighted by molar-refractivity contribution is 7.98. The average Bonchev–Trinajstić information content (AvgIpc) is 2.28. The van der Waals surface area contributed by atoms with E-state index in [0.29, 0.717) is 11.3 Å². The number of nitrogens with two attached hydrogens (primary N) is 1. The molecule has 0 saturated carbocycles. The van der Waals surface area contributed by atoms with Crippen molar-refractivity contribution in [1.82, 2.24) is 0 Å². The van der Waals surface area contributed by atoms with E-state index in [1.807, 2.05) is 18.2 Å². The number of hydrogen-bond acceptors (Lipinski definition) is 3. The van der Waals surface area contributed by atoms with E-state index in [-0.39, 0.29) is 17.7 Å². The Kier molecular flexibility index (Phi) is 4.81. The van der Waals surface area contributed by atoms with Crippen LogP contribution < -0.4 is 10.6 Å². The first-order valence-electron chi connectivity index (χ1n) is 5.33. The molecule has 94 valence electrons. The molecule has 1 aromatic carbocycles. The average molecular weight is 255 g/mol. The van der Waals surface area contributed by atoms with Gasteiger partial charge < -0.3 is 10.6 Å². The second-order valence-electron chi connectivity index (χ2n) is 4.00. The molecule has 3 N–H and O–H groups in total. The molecule has 1 unspecified atom stereocenters. The van der Waals surface area contributed by atoms with Gasteiger partial charge in [0.25, 0.3) is 0 Å². The number of anilines is 1. The Bertz CT molecular complexity index is 409. The van der Waals surface area contributed by atoms with Gasteiger partial charge in [-0.25, -0.2) is 4.39 Å². The van der Waals surface area contributed by atoms with Gasteiger partial charge in [0.2, 0.25) is 0 Å². The summed E-state index contributed by atoms with van der Waals surface area (Å²) in [6, 6.07) is 4.90. The van der Waals surface area contributed by atoms with Crippen molar-refractivity contribution in [3.8, 4) is 0 Å². The molecule has 0 bridgehead atoms. The number of rotatable bonds is 5. The molecule has 0 aliphatic heterocycles. The van der Waals surface area contributed by atoms with E-state index in [4.69, 9.17) is 11.1 Å². The molecule has 1 atom stereocenters. The molecule has 5 heteroatoms. The molecule has 0 spiro atoms. The zero-order valence-corrected chi connectivity index (χ0v) is 11.1. The van der Waals surface area contributed by atoms with Gasteiger partial charge in [0, 0.05) is 24.4 Å². The minimum Gasteiger partial charge on any atom is -0.384 e. The van der Waals surface area contributed by atoms with Gasteiger partial charge in [0.05, 0.1) is 5.69 Å². The van der Waals surface area contributed by atoms with Crippen LogP contribution in [0.3, 0.4) is 0 Å². The van der Waals surface area contributed by atoms with Gasteiger partial charge in [-0.3, -0.25) is 5.41 Å². The minimum atomic E-state index is -0.340. The second-order valence-corrected chi connectivity index (χ2v) is 4.91. The van der Waals surface area contributed by atoms with Crippen molar-refractivity contribution >= 4 is 23.3 Å². The molecular weight excluding hydrogens is 237 g/mol. The maximum atomic E-state index is 13.9. The fourth-order valence-electron chi connectivity index (χ4n) is 1.55. The van der Waals surface area contributed by atoms with Crippen LogP contribution in [-0.4, -0.2) is 30.9 Å². The summed E-state index contributed by atoms with van der Waals surface area (Å²) in [6.07, 6.45) is 2.03. The number of halogens is 1. The van der Waals surface area contributed by atoms with Crippen LogP contribution in [0.4, 0.5) is 10.1 Å². The highest BCUT2D eigenvalue weighted by Gasteiger charge is 2.14. The van der Waals surface area contributed by atoms with E-state index in [1.165, 1.54) is 6.07 Å². The zero-order valence-electron chi connectivity index (χ0n) is 10.3. The highest BCUT2D eigenvalue weighted by Crippen LogP contribution is 2.22. The molecule has 1 rings (SSSR count). The lowest BCUT2D eigenvalue weighted by molar-refractivity contribution is 0.614.